The molecule has 1 aliphatic heterocycles. The van der Waals surface area contributed by atoms with Crippen LogP contribution in [0.3, 0.4) is 0 Å². The second kappa shape index (κ2) is 6.09. The molecular weight excluding hydrogens is 301 g/mol. The van der Waals surface area contributed by atoms with Gasteiger partial charge in [-0.1, -0.05) is 29.8 Å². The summed E-state index contributed by atoms with van der Waals surface area (Å²) in [7, 11) is 0. The third-order valence-corrected chi connectivity index (χ3v) is 4.44. The van der Waals surface area contributed by atoms with Gasteiger partial charge in [-0.25, -0.2) is 4.39 Å². The van der Waals surface area contributed by atoms with Gasteiger partial charge in [0, 0.05) is 17.1 Å². The number of hydrogen-bond acceptors (Lipinski definition) is 1. The zero-order chi connectivity index (χ0) is 15.7. The number of rotatable bonds is 2. The van der Waals surface area contributed by atoms with Crippen molar-refractivity contribution in [2.75, 3.05) is 6.54 Å². The van der Waals surface area contributed by atoms with Crippen LogP contribution in [0.5, 0.6) is 0 Å². The van der Waals surface area contributed by atoms with Crippen molar-refractivity contribution in [2.45, 2.75) is 25.8 Å². The number of carbonyl (C=O) groups excluding carboxylic acids is 1. The van der Waals surface area contributed by atoms with Crippen molar-refractivity contribution in [3.63, 3.8) is 0 Å². The van der Waals surface area contributed by atoms with Gasteiger partial charge in [0.25, 0.3) is 5.91 Å². The molecule has 1 amide bonds. The van der Waals surface area contributed by atoms with Crippen LogP contribution in [-0.4, -0.2) is 17.4 Å². The summed E-state index contributed by atoms with van der Waals surface area (Å²) in [6, 6.07) is 12.3. The van der Waals surface area contributed by atoms with Gasteiger partial charge in [-0.2, -0.15) is 0 Å². The largest absolute Gasteiger partial charge is 0.332 e. The second-order valence-corrected chi connectivity index (χ2v) is 6.11. The molecule has 114 valence electrons. The normalized spacial score (nSPS) is 17.8. The van der Waals surface area contributed by atoms with Gasteiger partial charge in [-0.15, -0.1) is 0 Å². The molecule has 4 heteroatoms. The Hall–Kier alpha value is -1.87. The van der Waals surface area contributed by atoms with Crippen LogP contribution >= 0.6 is 11.6 Å². The van der Waals surface area contributed by atoms with E-state index in [-0.39, 0.29) is 17.8 Å². The maximum absolute atomic E-state index is 13.7. The maximum Gasteiger partial charge on any atom is 0.254 e. The van der Waals surface area contributed by atoms with Crippen molar-refractivity contribution in [1.29, 1.82) is 0 Å². The summed E-state index contributed by atoms with van der Waals surface area (Å²) >= 11 is 5.92. The van der Waals surface area contributed by atoms with Gasteiger partial charge >= 0.3 is 0 Å². The van der Waals surface area contributed by atoms with Gasteiger partial charge in [0.1, 0.15) is 5.82 Å². The van der Waals surface area contributed by atoms with Crippen molar-refractivity contribution in [3.8, 4) is 0 Å². The Morgan fingerprint density at radius 1 is 1.23 bits per heavy atom. The molecule has 0 unspecified atom stereocenters. The van der Waals surface area contributed by atoms with Crippen LogP contribution in [0.1, 0.15) is 40.4 Å². The number of likely N-dealkylation sites (tertiary alicyclic amines) is 1. The Morgan fingerprint density at radius 2 is 1.95 bits per heavy atom. The first kappa shape index (κ1) is 15.0. The van der Waals surface area contributed by atoms with E-state index >= 15 is 0 Å². The van der Waals surface area contributed by atoms with Gasteiger partial charge in [-0.3, -0.25) is 4.79 Å². The minimum atomic E-state index is -0.340. The third-order valence-electron chi connectivity index (χ3n) is 4.19. The Labute approximate surface area is 134 Å². The predicted octanol–water partition coefficient (Wildman–Crippen LogP) is 4.76. The molecule has 2 aromatic carbocycles. The summed E-state index contributed by atoms with van der Waals surface area (Å²) in [5.41, 5.74) is 2.03. The fraction of sp³-hybridized carbons (Fsp3) is 0.278. The Balaban J connectivity index is 1.87. The average Bonchev–Trinajstić information content (AvgIpc) is 2.99. The molecule has 0 spiro atoms. The number of halogens is 2. The molecule has 0 aliphatic carbocycles. The molecule has 2 aromatic rings. The van der Waals surface area contributed by atoms with E-state index in [1.54, 1.807) is 19.1 Å². The first-order valence-corrected chi connectivity index (χ1v) is 7.76. The number of hydrogen-bond donors (Lipinski definition) is 0. The summed E-state index contributed by atoms with van der Waals surface area (Å²) in [6.07, 6.45) is 1.87. The van der Waals surface area contributed by atoms with E-state index in [0.717, 1.165) is 18.4 Å². The van der Waals surface area contributed by atoms with Crippen LogP contribution in [0.4, 0.5) is 4.39 Å². The molecule has 2 nitrogen and oxygen atoms in total. The standard InChI is InChI=1S/C18H17ClFNO/c1-12-4-5-14(11-16(12)20)18(22)21-10-2-3-17(21)13-6-8-15(19)9-7-13/h4-9,11,17H,2-3,10H2,1H3/t17-/m0/s1. The second-order valence-electron chi connectivity index (χ2n) is 5.67. The minimum Gasteiger partial charge on any atom is -0.332 e. The number of amides is 1. The number of benzene rings is 2. The fourth-order valence-corrected chi connectivity index (χ4v) is 3.06. The van der Waals surface area contributed by atoms with Crippen molar-refractivity contribution in [1.82, 2.24) is 4.90 Å². The minimum absolute atomic E-state index is 0.0362. The first-order valence-electron chi connectivity index (χ1n) is 7.39. The summed E-state index contributed by atoms with van der Waals surface area (Å²) in [6.45, 7) is 2.39. The van der Waals surface area contributed by atoms with E-state index in [1.165, 1.54) is 6.07 Å². The van der Waals surface area contributed by atoms with Crippen molar-refractivity contribution in [2.24, 2.45) is 0 Å². The fourth-order valence-electron chi connectivity index (χ4n) is 2.93. The molecule has 0 bridgehead atoms. The summed E-state index contributed by atoms with van der Waals surface area (Å²) in [5, 5.41) is 0.681. The predicted molar refractivity (Wildman–Crippen MR) is 85.6 cm³/mol. The van der Waals surface area contributed by atoms with Crippen LogP contribution in [0.15, 0.2) is 42.5 Å². The van der Waals surface area contributed by atoms with Gasteiger partial charge in [0.2, 0.25) is 0 Å². The molecule has 0 saturated carbocycles. The lowest BCUT2D eigenvalue weighted by Gasteiger charge is -2.25. The maximum atomic E-state index is 13.7. The van der Waals surface area contributed by atoms with Gasteiger partial charge in [0.05, 0.1) is 6.04 Å². The van der Waals surface area contributed by atoms with Gasteiger partial charge in [-0.05, 0) is 55.2 Å². The number of nitrogens with zero attached hydrogens (tertiary/aromatic N) is 1. The highest BCUT2D eigenvalue weighted by Gasteiger charge is 2.30. The Morgan fingerprint density at radius 3 is 2.64 bits per heavy atom. The number of aryl methyl sites for hydroxylation is 1. The van der Waals surface area contributed by atoms with E-state index in [0.29, 0.717) is 22.7 Å². The van der Waals surface area contributed by atoms with Crippen LogP contribution in [-0.2, 0) is 0 Å². The molecule has 1 saturated heterocycles. The molecule has 0 radical (unpaired) electrons. The van der Waals surface area contributed by atoms with Crippen molar-refractivity contribution in [3.05, 3.63) is 70.0 Å². The van der Waals surface area contributed by atoms with Gasteiger partial charge in [0.15, 0.2) is 0 Å². The zero-order valence-electron chi connectivity index (χ0n) is 12.4. The van der Waals surface area contributed by atoms with E-state index in [1.807, 2.05) is 29.2 Å². The van der Waals surface area contributed by atoms with Crippen molar-refractivity contribution >= 4 is 17.5 Å². The molecule has 3 rings (SSSR count). The lowest BCUT2D eigenvalue weighted by molar-refractivity contribution is 0.0735. The lowest BCUT2D eigenvalue weighted by atomic mass is 10.0. The van der Waals surface area contributed by atoms with E-state index < -0.39 is 0 Å². The molecule has 0 N–H and O–H groups in total. The molecule has 1 atom stereocenters. The summed E-state index contributed by atoms with van der Waals surface area (Å²) in [5.74, 6) is -0.454. The smallest absolute Gasteiger partial charge is 0.254 e. The molecule has 1 heterocycles. The first-order chi connectivity index (χ1) is 10.6. The summed E-state index contributed by atoms with van der Waals surface area (Å²) in [4.78, 5) is 14.5. The zero-order valence-corrected chi connectivity index (χ0v) is 13.1. The third kappa shape index (κ3) is 2.86. The monoisotopic (exact) mass is 317 g/mol. The Kier molecular flexibility index (Phi) is 4.16. The van der Waals surface area contributed by atoms with Crippen LogP contribution < -0.4 is 0 Å². The van der Waals surface area contributed by atoms with Crippen LogP contribution in [0, 0.1) is 12.7 Å². The highest BCUT2D eigenvalue weighted by molar-refractivity contribution is 6.30. The lowest BCUT2D eigenvalue weighted by Crippen LogP contribution is -2.30. The average molecular weight is 318 g/mol. The highest BCUT2D eigenvalue weighted by Crippen LogP contribution is 2.33. The van der Waals surface area contributed by atoms with Crippen molar-refractivity contribution < 1.29 is 9.18 Å². The topological polar surface area (TPSA) is 20.3 Å². The molecular formula is C18H17ClFNO. The molecule has 1 aliphatic rings. The highest BCUT2D eigenvalue weighted by atomic mass is 35.5. The molecule has 22 heavy (non-hydrogen) atoms. The Bertz CT molecular complexity index is 699. The van der Waals surface area contributed by atoms with Crippen LogP contribution in [0.25, 0.3) is 0 Å². The van der Waals surface area contributed by atoms with E-state index in [9.17, 15) is 9.18 Å². The van der Waals surface area contributed by atoms with E-state index in [4.69, 9.17) is 11.6 Å². The summed E-state index contributed by atoms with van der Waals surface area (Å²) < 4.78 is 13.7. The quantitative estimate of drug-likeness (QED) is 0.781. The molecule has 0 aromatic heterocycles. The molecule has 1 fully saturated rings. The SMILES string of the molecule is Cc1ccc(C(=O)N2CCC[C@H]2c2ccc(Cl)cc2)cc1F. The number of carbonyl (C=O) groups is 1. The van der Waals surface area contributed by atoms with Gasteiger partial charge < -0.3 is 4.90 Å². The van der Waals surface area contributed by atoms with Crippen LogP contribution in [0.2, 0.25) is 5.02 Å². The van der Waals surface area contributed by atoms with E-state index in [2.05, 4.69) is 0 Å².